The quantitative estimate of drug-likeness (QED) is 0.734. The molecule has 4 heteroatoms. The van der Waals surface area contributed by atoms with E-state index in [4.69, 9.17) is 5.73 Å². The van der Waals surface area contributed by atoms with E-state index in [0.29, 0.717) is 18.5 Å². The van der Waals surface area contributed by atoms with Crippen molar-refractivity contribution >= 4 is 10.9 Å². The Kier molecular flexibility index (Phi) is 3.68. The summed E-state index contributed by atoms with van der Waals surface area (Å²) >= 11 is 0. The standard InChI is InChI=1S/C13H16N2O2/c14-6-5-12(16)13(17)10-4-3-9-2-1-7-15-11(9)8-10/h1-4,7-8,12-13,16-17H,5-6,14H2. The monoisotopic (exact) mass is 232 g/mol. The van der Waals surface area contributed by atoms with E-state index in [1.807, 2.05) is 18.2 Å². The van der Waals surface area contributed by atoms with Crippen LogP contribution >= 0.6 is 0 Å². The van der Waals surface area contributed by atoms with E-state index in [0.717, 1.165) is 10.9 Å². The van der Waals surface area contributed by atoms with Crippen molar-refractivity contribution in [2.24, 2.45) is 5.73 Å². The zero-order valence-electron chi connectivity index (χ0n) is 9.45. The summed E-state index contributed by atoms with van der Waals surface area (Å²) in [6.07, 6.45) is 0.335. The lowest BCUT2D eigenvalue weighted by molar-refractivity contribution is 0.0151. The minimum Gasteiger partial charge on any atom is -0.390 e. The Morgan fingerprint density at radius 1 is 1.24 bits per heavy atom. The number of aliphatic hydroxyl groups excluding tert-OH is 2. The van der Waals surface area contributed by atoms with Crippen molar-refractivity contribution in [1.82, 2.24) is 4.98 Å². The average Bonchev–Trinajstić information content (AvgIpc) is 2.37. The minimum absolute atomic E-state index is 0.351. The molecule has 2 rings (SSSR count). The van der Waals surface area contributed by atoms with Crippen LogP contribution in [0.15, 0.2) is 36.5 Å². The number of hydrogen-bond acceptors (Lipinski definition) is 4. The molecule has 0 radical (unpaired) electrons. The minimum atomic E-state index is -0.912. The van der Waals surface area contributed by atoms with Crippen LogP contribution in [0.1, 0.15) is 18.1 Å². The summed E-state index contributed by atoms with van der Waals surface area (Å²) < 4.78 is 0. The van der Waals surface area contributed by atoms with Gasteiger partial charge in [0, 0.05) is 11.6 Å². The Morgan fingerprint density at radius 3 is 2.82 bits per heavy atom. The zero-order valence-corrected chi connectivity index (χ0v) is 9.45. The van der Waals surface area contributed by atoms with E-state index in [2.05, 4.69) is 4.98 Å². The number of fused-ring (bicyclic) bond motifs is 1. The lowest BCUT2D eigenvalue weighted by Gasteiger charge is -2.17. The highest BCUT2D eigenvalue weighted by Gasteiger charge is 2.17. The topological polar surface area (TPSA) is 79.4 Å². The highest BCUT2D eigenvalue weighted by Crippen LogP contribution is 2.22. The van der Waals surface area contributed by atoms with E-state index in [1.54, 1.807) is 18.3 Å². The van der Waals surface area contributed by atoms with Crippen molar-refractivity contribution in [3.8, 4) is 0 Å². The third-order valence-electron chi connectivity index (χ3n) is 2.80. The predicted octanol–water partition coefficient (Wildman–Crippen LogP) is 0.978. The van der Waals surface area contributed by atoms with Gasteiger partial charge >= 0.3 is 0 Å². The van der Waals surface area contributed by atoms with Gasteiger partial charge in [-0.25, -0.2) is 0 Å². The van der Waals surface area contributed by atoms with Gasteiger partial charge < -0.3 is 15.9 Å². The molecule has 2 unspecified atom stereocenters. The van der Waals surface area contributed by atoms with E-state index >= 15 is 0 Å². The molecule has 1 heterocycles. The molecule has 4 nitrogen and oxygen atoms in total. The summed E-state index contributed by atoms with van der Waals surface area (Å²) in [4.78, 5) is 4.21. The number of benzene rings is 1. The first-order valence-corrected chi connectivity index (χ1v) is 5.63. The average molecular weight is 232 g/mol. The van der Waals surface area contributed by atoms with Gasteiger partial charge in [-0.05, 0) is 30.7 Å². The Hall–Kier alpha value is -1.49. The first-order chi connectivity index (χ1) is 8.22. The molecule has 0 aliphatic carbocycles. The van der Waals surface area contributed by atoms with Gasteiger partial charge in [-0.1, -0.05) is 18.2 Å². The van der Waals surface area contributed by atoms with Crippen LogP contribution in [0.5, 0.6) is 0 Å². The van der Waals surface area contributed by atoms with Crippen molar-refractivity contribution in [2.75, 3.05) is 6.54 Å². The highest BCUT2D eigenvalue weighted by atomic mass is 16.3. The Morgan fingerprint density at radius 2 is 2.06 bits per heavy atom. The molecular weight excluding hydrogens is 216 g/mol. The second kappa shape index (κ2) is 5.23. The number of aliphatic hydroxyl groups is 2. The maximum atomic E-state index is 9.95. The lowest BCUT2D eigenvalue weighted by Crippen LogP contribution is -2.21. The van der Waals surface area contributed by atoms with E-state index < -0.39 is 12.2 Å². The van der Waals surface area contributed by atoms with Gasteiger partial charge in [0.2, 0.25) is 0 Å². The zero-order chi connectivity index (χ0) is 12.3. The van der Waals surface area contributed by atoms with E-state index in [-0.39, 0.29) is 0 Å². The molecule has 1 aromatic carbocycles. The first kappa shape index (κ1) is 12.0. The molecule has 0 aliphatic rings. The second-order valence-electron chi connectivity index (χ2n) is 4.05. The third kappa shape index (κ3) is 2.61. The van der Waals surface area contributed by atoms with Crippen molar-refractivity contribution in [3.63, 3.8) is 0 Å². The van der Waals surface area contributed by atoms with Crippen LogP contribution in [0.2, 0.25) is 0 Å². The fourth-order valence-electron chi connectivity index (χ4n) is 1.82. The molecule has 2 aromatic rings. The normalized spacial score (nSPS) is 14.8. The number of nitrogens with zero attached hydrogens (tertiary/aromatic N) is 1. The van der Waals surface area contributed by atoms with Gasteiger partial charge in [0.25, 0.3) is 0 Å². The summed E-state index contributed by atoms with van der Waals surface area (Å²) in [6.45, 7) is 0.351. The lowest BCUT2D eigenvalue weighted by atomic mass is 10.0. The summed E-state index contributed by atoms with van der Waals surface area (Å²) in [7, 11) is 0. The van der Waals surface area contributed by atoms with Crippen molar-refractivity contribution in [1.29, 1.82) is 0 Å². The van der Waals surface area contributed by atoms with Gasteiger partial charge in [0.15, 0.2) is 0 Å². The van der Waals surface area contributed by atoms with Crippen LogP contribution in [-0.2, 0) is 0 Å². The first-order valence-electron chi connectivity index (χ1n) is 5.63. The van der Waals surface area contributed by atoms with Crippen molar-refractivity contribution in [2.45, 2.75) is 18.6 Å². The maximum Gasteiger partial charge on any atom is 0.105 e. The summed E-state index contributed by atoms with van der Waals surface area (Å²) in [5, 5.41) is 20.6. The molecule has 0 saturated carbocycles. The molecule has 0 bridgehead atoms. The van der Waals surface area contributed by atoms with Gasteiger partial charge in [-0.15, -0.1) is 0 Å². The van der Waals surface area contributed by atoms with E-state index in [9.17, 15) is 10.2 Å². The fourth-order valence-corrected chi connectivity index (χ4v) is 1.82. The molecular formula is C13H16N2O2. The second-order valence-corrected chi connectivity index (χ2v) is 4.05. The molecule has 0 fully saturated rings. The fraction of sp³-hybridized carbons (Fsp3) is 0.308. The van der Waals surface area contributed by atoms with Gasteiger partial charge in [-0.2, -0.15) is 0 Å². The van der Waals surface area contributed by atoms with Crippen molar-refractivity contribution < 1.29 is 10.2 Å². The van der Waals surface area contributed by atoms with Crippen molar-refractivity contribution in [3.05, 3.63) is 42.1 Å². The smallest absolute Gasteiger partial charge is 0.105 e. The van der Waals surface area contributed by atoms with Crippen LogP contribution in [0.4, 0.5) is 0 Å². The van der Waals surface area contributed by atoms with Gasteiger partial charge in [0.05, 0.1) is 11.6 Å². The number of aromatic nitrogens is 1. The third-order valence-corrected chi connectivity index (χ3v) is 2.80. The van der Waals surface area contributed by atoms with E-state index in [1.165, 1.54) is 0 Å². The SMILES string of the molecule is NCCC(O)C(O)c1ccc2cccnc2c1. The molecule has 0 spiro atoms. The maximum absolute atomic E-state index is 9.95. The molecule has 4 N–H and O–H groups in total. The highest BCUT2D eigenvalue weighted by molar-refractivity contribution is 5.78. The van der Waals surface area contributed by atoms with Crippen LogP contribution < -0.4 is 5.73 Å². The molecule has 0 amide bonds. The van der Waals surface area contributed by atoms with Gasteiger partial charge in [-0.3, -0.25) is 4.98 Å². The summed E-state index contributed by atoms with van der Waals surface area (Å²) in [6, 6.07) is 9.29. The number of rotatable bonds is 4. The number of pyridine rings is 1. The Balaban J connectivity index is 2.29. The number of hydrogen-bond donors (Lipinski definition) is 3. The van der Waals surface area contributed by atoms with Crippen LogP contribution in [-0.4, -0.2) is 27.8 Å². The Labute approximate surface area is 99.7 Å². The largest absolute Gasteiger partial charge is 0.390 e. The van der Waals surface area contributed by atoms with Gasteiger partial charge in [0.1, 0.15) is 6.10 Å². The predicted molar refractivity (Wildman–Crippen MR) is 66.4 cm³/mol. The van der Waals surface area contributed by atoms with Crippen LogP contribution in [0.25, 0.3) is 10.9 Å². The summed E-state index contributed by atoms with van der Waals surface area (Å²) in [5.74, 6) is 0. The molecule has 0 aliphatic heterocycles. The molecule has 1 aromatic heterocycles. The van der Waals surface area contributed by atoms with Crippen LogP contribution in [0.3, 0.4) is 0 Å². The van der Waals surface area contributed by atoms with Crippen LogP contribution in [0, 0.1) is 0 Å². The molecule has 2 atom stereocenters. The molecule has 17 heavy (non-hydrogen) atoms. The summed E-state index contributed by atoms with van der Waals surface area (Å²) in [5.41, 5.74) is 6.83. The molecule has 90 valence electrons. The number of nitrogens with two attached hydrogens (primary N) is 1. The molecule has 0 saturated heterocycles. The Bertz CT molecular complexity index is 501.